The molecule has 1 heterocycles. The molecule has 0 unspecified atom stereocenters. The SMILES string of the molecule is CC(=O)O[C@H]1CC[C@@]2(C)[C@@H]3CC[C@]4(C)[C@H]5[C@H](CC(=O)C=C(C)C)C(=O)O[C@@H]5C[C@@]4(C)C3=CC[C@@H]2[C@@]1(C)C(=O)O. The molecule has 1 aliphatic heterocycles. The van der Waals surface area contributed by atoms with Gasteiger partial charge in [-0.3, -0.25) is 19.2 Å². The van der Waals surface area contributed by atoms with Crippen LogP contribution in [0.3, 0.4) is 0 Å². The second-order valence-electron chi connectivity index (χ2n) is 14.2. The highest BCUT2D eigenvalue weighted by Crippen LogP contribution is 2.74. The number of carbonyl (C=O) groups is 4. The zero-order chi connectivity index (χ0) is 28.7. The molecule has 214 valence electrons. The number of carbonyl (C=O) groups excluding carboxylic acids is 3. The van der Waals surface area contributed by atoms with Gasteiger partial charge >= 0.3 is 17.9 Å². The van der Waals surface area contributed by atoms with E-state index in [4.69, 9.17) is 9.47 Å². The predicted octanol–water partition coefficient (Wildman–Crippen LogP) is 5.66. The quantitative estimate of drug-likeness (QED) is 0.272. The summed E-state index contributed by atoms with van der Waals surface area (Å²) >= 11 is 0. The van der Waals surface area contributed by atoms with Gasteiger partial charge in [-0.25, -0.2) is 0 Å². The van der Waals surface area contributed by atoms with E-state index in [1.54, 1.807) is 13.0 Å². The number of fused-ring (bicyclic) bond motifs is 7. The van der Waals surface area contributed by atoms with Crippen LogP contribution in [0.15, 0.2) is 23.3 Å². The standard InChI is InChI=1S/C32H44O7/c1-17(2)14-19(34)15-20-26-23(39-27(20)35)16-31(6)22-8-9-24-29(4,21(22)10-13-30(26,31)5)12-11-25(38-18(3)33)32(24,7)28(36)37/h8,14,20-21,23-26H,9-13,15-16H2,1-7H3,(H,36,37)/t20-,21+,23+,24-,25-,26-,29-,30+,31-,32+/m0/s1. The Bertz CT molecular complexity index is 1180. The van der Waals surface area contributed by atoms with Gasteiger partial charge in [-0.1, -0.05) is 38.0 Å². The van der Waals surface area contributed by atoms with Gasteiger partial charge in [-0.2, -0.15) is 0 Å². The predicted molar refractivity (Wildman–Crippen MR) is 144 cm³/mol. The Hall–Kier alpha value is -2.44. The Morgan fingerprint density at radius 2 is 1.79 bits per heavy atom. The van der Waals surface area contributed by atoms with Crippen molar-refractivity contribution < 1.29 is 33.8 Å². The van der Waals surface area contributed by atoms with Gasteiger partial charge in [0.2, 0.25) is 0 Å². The second kappa shape index (κ2) is 9.04. The number of ketones is 1. The Morgan fingerprint density at radius 3 is 2.41 bits per heavy atom. The van der Waals surface area contributed by atoms with Crippen LogP contribution < -0.4 is 0 Å². The van der Waals surface area contributed by atoms with E-state index in [0.29, 0.717) is 12.8 Å². The van der Waals surface area contributed by atoms with Gasteiger partial charge < -0.3 is 14.6 Å². The summed E-state index contributed by atoms with van der Waals surface area (Å²) in [4.78, 5) is 50.4. The molecule has 0 bridgehead atoms. The van der Waals surface area contributed by atoms with Crippen molar-refractivity contribution in [3.63, 3.8) is 0 Å². The molecule has 0 amide bonds. The molecule has 3 saturated carbocycles. The molecule has 7 nitrogen and oxygen atoms in total. The summed E-state index contributed by atoms with van der Waals surface area (Å²) in [7, 11) is 0. The number of ether oxygens (including phenoxy) is 2. The molecule has 0 aromatic heterocycles. The topological polar surface area (TPSA) is 107 Å². The van der Waals surface area contributed by atoms with Crippen molar-refractivity contribution in [3.8, 4) is 0 Å². The lowest BCUT2D eigenvalue weighted by molar-refractivity contribution is -0.194. The van der Waals surface area contributed by atoms with Crippen molar-refractivity contribution in [1.82, 2.24) is 0 Å². The van der Waals surface area contributed by atoms with Gasteiger partial charge in [-0.05, 0) is 93.5 Å². The van der Waals surface area contributed by atoms with E-state index >= 15 is 0 Å². The van der Waals surface area contributed by atoms with E-state index < -0.39 is 29.4 Å². The lowest BCUT2D eigenvalue weighted by Crippen LogP contribution is -2.61. The number of carboxylic acids is 1. The van der Waals surface area contributed by atoms with Crippen LogP contribution in [0.25, 0.3) is 0 Å². The van der Waals surface area contributed by atoms with E-state index in [2.05, 4.69) is 26.8 Å². The maximum atomic E-state index is 13.0. The van der Waals surface area contributed by atoms with Gasteiger partial charge in [0.25, 0.3) is 0 Å². The average Bonchev–Trinajstić information content (AvgIpc) is 3.24. The van der Waals surface area contributed by atoms with Crippen LogP contribution in [0.5, 0.6) is 0 Å². The summed E-state index contributed by atoms with van der Waals surface area (Å²) in [6.07, 6.45) is 7.76. The van der Waals surface area contributed by atoms with E-state index in [9.17, 15) is 24.3 Å². The highest BCUT2D eigenvalue weighted by Gasteiger charge is 2.72. The largest absolute Gasteiger partial charge is 0.481 e. The zero-order valence-electron chi connectivity index (χ0n) is 24.5. The molecule has 5 aliphatic rings. The number of rotatable bonds is 5. The fourth-order valence-electron chi connectivity index (χ4n) is 10.1. The first-order chi connectivity index (χ1) is 18.1. The van der Waals surface area contributed by atoms with E-state index in [1.165, 1.54) is 12.5 Å². The molecule has 5 rings (SSSR count). The first-order valence-corrected chi connectivity index (χ1v) is 14.6. The first kappa shape index (κ1) is 28.1. The molecule has 4 fully saturated rings. The highest BCUT2D eigenvalue weighted by atomic mass is 16.6. The molecule has 10 atom stereocenters. The van der Waals surface area contributed by atoms with Gasteiger partial charge in [0, 0.05) is 19.3 Å². The van der Waals surface area contributed by atoms with Gasteiger partial charge in [-0.15, -0.1) is 0 Å². The molecule has 0 radical (unpaired) electrons. The van der Waals surface area contributed by atoms with Crippen LogP contribution in [0.4, 0.5) is 0 Å². The van der Waals surface area contributed by atoms with E-state index in [-0.39, 0.29) is 58.3 Å². The van der Waals surface area contributed by atoms with E-state index in [1.807, 2.05) is 13.8 Å². The summed E-state index contributed by atoms with van der Waals surface area (Å²) < 4.78 is 11.6. The smallest absolute Gasteiger partial charge is 0.313 e. The van der Waals surface area contributed by atoms with Crippen molar-refractivity contribution in [2.75, 3.05) is 0 Å². The zero-order valence-corrected chi connectivity index (χ0v) is 24.5. The maximum absolute atomic E-state index is 13.0. The van der Waals surface area contributed by atoms with Crippen molar-refractivity contribution in [2.45, 2.75) is 106 Å². The van der Waals surface area contributed by atoms with Gasteiger partial charge in [0.1, 0.15) is 17.6 Å². The Kier molecular flexibility index (Phi) is 6.51. The molecular weight excluding hydrogens is 496 g/mol. The van der Waals surface area contributed by atoms with Gasteiger partial charge in [0.05, 0.1) is 5.92 Å². The molecule has 1 saturated heterocycles. The number of aliphatic carboxylic acids is 1. The van der Waals surface area contributed by atoms with Crippen LogP contribution in [0.1, 0.15) is 93.4 Å². The summed E-state index contributed by atoms with van der Waals surface area (Å²) in [6, 6.07) is 0. The summed E-state index contributed by atoms with van der Waals surface area (Å²) in [5, 5.41) is 10.5. The lowest BCUT2D eigenvalue weighted by Gasteiger charge is -2.63. The van der Waals surface area contributed by atoms with Crippen LogP contribution in [0, 0.1) is 45.3 Å². The maximum Gasteiger partial charge on any atom is 0.313 e. The van der Waals surface area contributed by atoms with Crippen LogP contribution in [-0.4, -0.2) is 41.0 Å². The summed E-state index contributed by atoms with van der Waals surface area (Å²) in [6.45, 7) is 13.8. The molecule has 0 aromatic carbocycles. The Balaban J connectivity index is 1.51. The van der Waals surface area contributed by atoms with Crippen molar-refractivity contribution >= 4 is 23.7 Å². The van der Waals surface area contributed by atoms with E-state index in [0.717, 1.165) is 31.3 Å². The van der Waals surface area contributed by atoms with Crippen molar-refractivity contribution in [3.05, 3.63) is 23.3 Å². The molecule has 7 heteroatoms. The van der Waals surface area contributed by atoms with Crippen LogP contribution >= 0.6 is 0 Å². The first-order valence-electron chi connectivity index (χ1n) is 14.6. The Morgan fingerprint density at radius 1 is 1.10 bits per heavy atom. The summed E-state index contributed by atoms with van der Waals surface area (Å²) in [5.41, 5.74) is 0.498. The number of hydrogen-bond acceptors (Lipinski definition) is 6. The Labute approximate surface area is 231 Å². The molecular formula is C32H44O7. The summed E-state index contributed by atoms with van der Waals surface area (Å²) in [5.74, 6) is -1.98. The third kappa shape index (κ3) is 3.81. The van der Waals surface area contributed by atoms with Crippen LogP contribution in [0.2, 0.25) is 0 Å². The average molecular weight is 541 g/mol. The second-order valence-corrected chi connectivity index (χ2v) is 14.2. The van der Waals surface area contributed by atoms with Gasteiger partial charge in [0.15, 0.2) is 5.78 Å². The van der Waals surface area contributed by atoms with Crippen LogP contribution in [-0.2, 0) is 28.7 Å². The normalized spacial score (nSPS) is 46.0. The minimum absolute atomic E-state index is 0.0131. The lowest BCUT2D eigenvalue weighted by atomic mass is 9.40. The minimum Gasteiger partial charge on any atom is -0.481 e. The fraction of sp³-hybridized carbons (Fsp3) is 0.750. The number of hydrogen-bond donors (Lipinski definition) is 1. The van der Waals surface area contributed by atoms with Crippen molar-refractivity contribution in [2.24, 2.45) is 45.3 Å². The molecule has 0 aromatic rings. The number of carboxylic acid groups (broad SMARTS) is 1. The molecule has 39 heavy (non-hydrogen) atoms. The molecule has 4 aliphatic carbocycles. The minimum atomic E-state index is -1.17. The monoisotopic (exact) mass is 540 g/mol. The highest BCUT2D eigenvalue weighted by molar-refractivity contribution is 5.93. The fourth-order valence-corrected chi connectivity index (χ4v) is 10.1. The third-order valence-corrected chi connectivity index (χ3v) is 12.1. The third-order valence-electron chi connectivity index (χ3n) is 12.1. The molecule has 1 N–H and O–H groups in total. The van der Waals surface area contributed by atoms with Crippen molar-refractivity contribution in [1.29, 1.82) is 0 Å². The number of esters is 2. The molecule has 0 spiro atoms. The number of allylic oxidation sites excluding steroid dienone is 4.